The topological polar surface area (TPSA) is 76.3 Å². The van der Waals surface area contributed by atoms with E-state index in [1.54, 1.807) is 12.1 Å². The van der Waals surface area contributed by atoms with Crippen molar-refractivity contribution < 1.29 is 10.2 Å². The van der Waals surface area contributed by atoms with Crippen molar-refractivity contribution in [2.45, 2.75) is 6.10 Å². The fourth-order valence-corrected chi connectivity index (χ4v) is 1.64. The maximum absolute atomic E-state index is 9.17. The van der Waals surface area contributed by atoms with Crippen LogP contribution in [0.3, 0.4) is 0 Å². The van der Waals surface area contributed by atoms with Gasteiger partial charge in [0.1, 0.15) is 6.07 Å². The molecule has 0 bridgehead atoms. The molecule has 6 heteroatoms. The molecule has 16 heavy (non-hydrogen) atoms. The zero-order valence-electron chi connectivity index (χ0n) is 8.24. The molecule has 0 spiro atoms. The lowest BCUT2D eigenvalue weighted by molar-refractivity contribution is 0.105. The molecule has 0 saturated carbocycles. The smallest absolute Gasteiger partial charge is 0.103 e. The Morgan fingerprint density at radius 1 is 1.56 bits per heavy atom. The summed E-state index contributed by atoms with van der Waals surface area (Å²) in [4.78, 5) is 0. The molecule has 0 saturated heterocycles. The lowest BCUT2D eigenvalue weighted by Gasteiger charge is -2.12. The molecule has 0 aliphatic heterocycles. The SMILES string of the molecule is N#Cc1c(NCC(O)CO)ccc(Br)c1Cl. The number of benzene rings is 1. The molecule has 3 N–H and O–H groups in total. The quantitative estimate of drug-likeness (QED) is 0.792. The van der Waals surface area contributed by atoms with Gasteiger partial charge in [-0.05, 0) is 28.1 Å². The predicted molar refractivity (Wildman–Crippen MR) is 65.4 cm³/mol. The van der Waals surface area contributed by atoms with E-state index >= 15 is 0 Å². The Morgan fingerprint density at radius 3 is 2.81 bits per heavy atom. The minimum atomic E-state index is -0.867. The highest BCUT2D eigenvalue weighted by Gasteiger charge is 2.10. The van der Waals surface area contributed by atoms with Crippen LogP contribution in [-0.2, 0) is 0 Å². The summed E-state index contributed by atoms with van der Waals surface area (Å²) in [6, 6.07) is 5.36. The third-order valence-electron chi connectivity index (χ3n) is 1.95. The number of nitriles is 1. The molecule has 4 nitrogen and oxygen atoms in total. The third kappa shape index (κ3) is 3.09. The Bertz CT molecular complexity index is 420. The molecule has 0 aliphatic rings. The first-order valence-electron chi connectivity index (χ1n) is 4.51. The van der Waals surface area contributed by atoms with Gasteiger partial charge in [0, 0.05) is 11.0 Å². The van der Waals surface area contributed by atoms with Gasteiger partial charge in [-0.3, -0.25) is 0 Å². The van der Waals surface area contributed by atoms with Gasteiger partial charge in [0.15, 0.2) is 0 Å². The molecule has 1 aromatic carbocycles. The summed E-state index contributed by atoms with van der Waals surface area (Å²) in [7, 11) is 0. The van der Waals surface area contributed by atoms with Crippen molar-refractivity contribution in [3.8, 4) is 6.07 Å². The number of halogens is 2. The van der Waals surface area contributed by atoms with Crippen molar-refractivity contribution in [1.82, 2.24) is 0 Å². The Kier molecular flexibility index (Phi) is 5.03. The molecule has 0 aromatic heterocycles. The Hall–Kier alpha value is -0.800. The summed E-state index contributed by atoms with van der Waals surface area (Å²) in [6.45, 7) is -0.178. The van der Waals surface area contributed by atoms with E-state index in [0.717, 1.165) is 0 Å². The van der Waals surface area contributed by atoms with E-state index in [1.165, 1.54) is 0 Å². The van der Waals surface area contributed by atoms with Crippen LogP contribution in [0.15, 0.2) is 16.6 Å². The van der Waals surface area contributed by atoms with Crippen LogP contribution in [0.25, 0.3) is 0 Å². The average molecular weight is 306 g/mol. The second kappa shape index (κ2) is 6.06. The van der Waals surface area contributed by atoms with Crippen molar-refractivity contribution in [3.05, 3.63) is 27.2 Å². The van der Waals surface area contributed by atoms with Gasteiger partial charge in [-0.25, -0.2) is 0 Å². The van der Waals surface area contributed by atoms with E-state index in [2.05, 4.69) is 21.2 Å². The van der Waals surface area contributed by atoms with E-state index < -0.39 is 6.10 Å². The molecule has 0 amide bonds. The fraction of sp³-hybridized carbons (Fsp3) is 0.300. The number of nitrogens with one attached hydrogen (secondary N) is 1. The van der Waals surface area contributed by atoms with Gasteiger partial charge < -0.3 is 15.5 Å². The van der Waals surface area contributed by atoms with Gasteiger partial charge in [-0.1, -0.05) is 11.6 Å². The number of nitrogens with zero attached hydrogens (tertiary/aromatic N) is 1. The lowest BCUT2D eigenvalue weighted by atomic mass is 10.2. The van der Waals surface area contributed by atoms with Crippen LogP contribution in [0.4, 0.5) is 5.69 Å². The molecule has 86 valence electrons. The van der Waals surface area contributed by atoms with Crippen LogP contribution < -0.4 is 5.32 Å². The molecule has 0 radical (unpaired) electrons. The average Bonchev–Trinajstić information content (AvgIpc) is 2.30. The molecule has 1 aromatic rings. The molecule has 0 heterocycles. The largest absolute Gasteiger partial charge is 0.394 e. The van der Waals surface area contributed by atoms with Crippen molar-refractivity contribution >= 4 is 33.2 Å². The summed E-state index contributed by atoms with van der Waals surface area (Å²) in [6.07, 6.45) is -0.867. The van der Waals surface area contributed by atoms with E-state index in [-0.39, 0.29) is 13.2 Å². The Morgan fingerprint density at radius 2 is 2.25 bits per heavy atom. The van der Waals surface area contributed by atoms with Gasteiger partial charge >= 0.3 is 0 Å². The van der Waals surface area contributed by atoms with E-state index in [4.69, 9.17) is 27.1 Å². The number of aliphatic hydroxyl groups is 2. The van der Waals surface area contributed by atoms with Crippen molar-refractivity contribution in [3.63, 3.8) is 0 Å². The standard InChI is InChI=1S/C10H10BrClN2O2/c11-8-1-2-9(7(3-13)10(8)12)14-4-6(16)5-15/h1-2,6,14-16H,4-5H2. The molecule has 1 unspecified atom stereocenters. The summed E-state index contributed by atoms with van der Waals surface area (Å²) in [5, 5.41) is 29.9. The Labute approximate surface area is 107 Å². The van der Waals surface area contributed by atoms with Crippen LogP contribution in [0, 0.1) is 11.3 Å². The monoisotopic (exact) mass is 304 g/mol. The molecular weight excluding hydrogens is 295 g/mol. The van der Waals surface area contributed by atoms with Gasteiger partial charge in [-0.2, -0.15) is 5.26 Å². The van der Waals surface area contributed by atoms with Crippen LogP contribution in [0.2, 0.25) is 5.02 Å². The van der Waals surface area contributed by atoms with Gasteiger partial charge in [0.25, 0.3) is 0 Å². The number of hydrogen-bond acceptors (Lipinski definition) is 4. The summed E-state index contributed by atoms with van der Waals surface area (Å²) in [5.41, 5.74) is 0.837. The second-order valence-corrected chi connectivity index (χ2v) is 4.35. The summed E-state index contributed by atoms with van der Waals surface area (Å²) >= 11 is 9.14. The Balaban J connectivity index is 2.89. The first kappa shape index (κ1) is 13.3. The van der Waals surface area contributed by atoms with E-state index in [1.807, 2.05) is 6.07 Å². The molecule has 0 aliphatic carbocycles. The van der Waals surface area contributed by atoms with Crippen molar-refractivity contribution in [1.29, 1.82) is 5.26 Å². The van der Waals surface area contributed by atoms with E-state index in [9.17, 15) is 0 Å². The van der Waals surface area contributed by atoms with Gasteiger partial charge in [0.2, 0.25) is 0 Å². The predicted octanol–water partition coefficient (Wildman–Crippen LogP) is 1.74. The van der Waals surface area contributed by atoms with Gasteiger partial charge in [0.05, 0.1) is 29.0 Å². The third-order valence-corrected chi connectivity index (χ3v) is 3.23. The molecule has 1 rings (SSSR count). The van der Waals surface area contributed by atoms with Crippen molar-refractivity contribution in [2.24, 2.45) is 0 Å². The first-order valence-corrected chi connectivity index (χ1v) is 5.68. The molecule has 0 fully saturated rings. The molecular formula is C10H10BrClN2O2. The highest BCUT2D eigenvalue weighted by Crippen LogP contribution is 2.31. The number of aliphatic hydroxyl groups excluding tert-OH is 2. The van der Waals surface area contributed by atoms with Crippen LogP contribution in [-0.4, -0.2) is 29.5 Å². The van der Waals surface area contributed by atoms with Crippen LogP contribution >= 0.6 is 27.5 Å². The normalized spacial score (nSPS) is 11.9. The van der Waals surface area contributed by atoms with E-state index in [0.29, 0.717) is 20.7 Å². The van der Waals surface area contributed by atoms with Crippen molar-refractivity contribution in [2.75, 3.05) is 18.5 Å². The second-order valence-electron chi connectivity index (χ2n) is 3.11. The maximum Gasteiger partial charge on any atom is 0.103 e. The van der Waals surface area contributed by atoms with Crippen LogP contribution in [0.1, 0.15) is 5.56 Å². The first-order chi connectivity index (χ1) is 7.60. The molecule has 1 atom stereocenters. The number of anilines is 1. The zero-order valence-corrected chi connectivity index (χ0v) is 10.6. The fourth-order valence-electron chi connectivity index (χ4n) is 1.10. The number of rotatable bonds is 4. The lowest BCUT2D eigenvalue weighted by Crippen LogP contribution is -2.23. The van der Waals surface area contributed by atoms with Gasteiger partial charge in [-0.15, -0.1) is 0 Å². The highest BCUT2D eigenvalue weighted by molar-refractivity contribution is 9.10. The highest BCUT2D eigenvalue weighted by atomic mass is 79.9. The number of hydrogen-bond donors (Lipinski definition) is 3. The minimum Gasteiger partial charge on any atom is -0.394 e. The minimum absolute atomic E-state index is 0.156. The van der Waals surface area contributed by atoms with Crippen LogP contribution in [0.5, 0.6) is 0 Å². The zero-order chi connectivity index (χ0) is 12.1. The maximum atomic E-state index is 9.17. The summed E-state index contributed by atoms with van der Waals surface area (Å²) in [5.74, 6) is 0. The summed E-state index contributed by atoms with van der Waals surface area (Å²) < 4.78 is 0.638.